The first-order valence-electron chi connectivity index (χ1n) is 3.10. The summed E-state index contributed by atoms with van der Waals surface area (Å²) < 4.78 is 31.6. The molecular weight excluding hydrogens is 212 g/mol. The van der Waals surface area contributed by atoms with Crippen molar-refractivity contribution < 1.29 is 23.0 Å². The fourth-order valence-electron chi connectivity index (χ4n) is 0.496. The van der Waals surface area contributed by atoms with E-state index in [1.54, 1.807) is 24.3 Å². The molecule has 0 amide bonds. The van der Waals surface area contributed by atoms with Crippen LogP contribution in [0.1, 0.15) is 0 Å². The molecule has 0 spiro atoms. The van der Waals surface area contributed by atoms with Crippen molar-refractivity contribution in [2.75, 3.05) is 11.5 Å². The predicted molar refractivity (Wildman–Crippen MR) is 53.1 cm³/mol. The van der Waals surface area contributed by atoms with Gasteiger partial charge in [-0.05, 0) is 24.3 Å². The number of nitrogen functional groups attached to an aromatic ring is 2. The number of rotatable bonds is 0. The summed E-state index contributed by atoms with van der Waals surface area (Å²) in [7, 11) is -4.67. The molecule has 1 aromatic rings. The molecule has 0 saturated heterocycles. The number of benzene rings is 1. The summed E-state index contributed by atoms with van der Waals surface area (Å²) in [5.41, 5.74) is 12.2. The number of anilines is 2. The molecule has 0 aliphatic rings. The summed E-state index contributed by atoms with van der Waals surface area (Å²) in [6.45, 7) is 0. The molecule has 0 aliphatic heterocycles. The normalized spacial score (nSPS) is 9.29. The van der Waals surface area contributed by atoms with Crippen LogP contribution in [0.3, 0.4) is 0 Å². The lowest BCUT2D eigenvalue weighted by Gasteiger charge is -1.90. The third-order valence-electron chi connectivity index (χ3n) is 0.936. The highest BCUT2D eigenvalue weighted by Crippen LogP contribution is 2.04. The number of hydrogen-bond acceptors (Lipinski definition) is 4. The zero-order chi connectivity index (χ0) is 10.5. The monoisotopic (exact) mass is 224 g/mol. The largest absolute Gasteiger partial charge is 0.412 e. The van der Waals surface area contributed by atoms with Gasteiger partial charge in [0, 0.05) is 11.4 Å². The summed E-state index contributed by atoms with van der Waals surface area (Å²) in [5.74, 6) is 0. The molecular formula is C6H12N2O5S. The Labute approximate surface area is 81.2 Å². The van der Waals surface area contributed by atoms with E-state index < -0.39 is 10.4 Å². The minimum absolute atomic E-state index is 0. The van der Waals surface area contributed by atoms with Gasteiger partial charge in [0.05, 0.1) is 0 Å². The highest BCUT2D eigenvalue weighted by Gasteiger charge is 1.84. The Bertz CT molecular complexity index is 318. The van der Waals surface area contributed by atoms with Gasteiger partial charge in [-0.3, -0.25) is 9.11 Å². The maximum Gasteiger partial charge on any atom is 0.394 e. The van der Waals surface area contributed by atoms with E-state index in [4.69, 9.17) is 29.0 Å². The van der Waals surface area contributed by atoms with E-state index in [-0.39, 0.29) is 5.48 Å². The molecule has 0 saturated carbocycles. The average molecular weight is 224 g/mol. The molecule has 82 valence electrons. The summed E-state index contributed by atoms with van der Waals surface area (Å²) in [5, 5.41) is 0. The lowest BCUT2D eigenvalue weighted by atomic mass is 10.3. The average Bonchev–Trinajstić information content (AvgIpc) is 1.92. The molecule has 7 nitrogen and oxygen atoms in total. The van der Waals surface area contributed by atoms with Gasteiger partial charge in [-0.25, -0.2) is 0 Å². The zero-order valence-corrected chi connectivity index (χ0v) is 7.90. The van der Waals surface area contributed by atoms with Crippen molar-refractivity contribution in [2.45, 2.75) is 0 Å². The first-order chi connectivity index (χ1) is 5.79. The zero-order valence-electron chi connectivity index (χ0n) is 7.08. The minimum atomic E-state index is -4.67. The number of hydrogen-bond donors (Lipinski definition) is 4. The van der Waals surface area contributed by atoms with Crippen LogP contribution in [0.25, 0.3) is 0 Å². The summed E-state index contributed by atoms with van der Waals surface area (Å²) in [6, 6.07) is 7.09. The fourth-order valence-corrected chi connectivity index (χ4v) is 0.496. The highest BCUT2D eigenvalue weighted by atomic mass is 32.3. The van der Waals surface area contributed by atoms with Gasteiger partial charge in [0.15, 0.2) is 0 Å². The van der Waals surface area contributed by atoms with Gasteiger partial charge >= 0.3 is 10.4 Å². The van der Waals surface area contributed by atoms with Gasteiger partial charge in [0.2, 0.25) is 0 Å². The second-order valence-corrected chi connectivity index (χ2v) is 3.01. The van der Waals surface area contributed by atoms with Gasteiger partial charge in [-0.15, -0.1) is 0 Å². The smallest absolute Gasteiger partial charge is 0.394 e. The van der Waals surface area contributed by atoms with Gasteiger partial charge in [-0.1, -0.05) is 0 Å². The van der Waals surface area contributed by atoms with Crippen molar-refractivity contribution in [1.29, 1.82) is 0 Å². The topological polar surface area (TPSA) is 158 Å². The van der Waals surface area contributed by atoms with Gasteiger partial charge in [0.1, 0.15) is 0 Å². The first kappa shape index (κ1) is 15.1. The molecule has 0 heterocycles. The molecule has 8 N–H and O–H groups in total. The van der Waals surface area contributed by atoms with Gasteiger partial charge < -0.3 is 16.9 Å². The molecule has 0 aromatic heterocycles. The van der Waals surface area contributed by atoms with Crippen molar-refractivity contribution in [3.8, 4) is 0 Å². The maximum atomic E-state index is 8.74. The molecule has 14 heavy (non-hydrogen) atoms. The standard InChI is InChI=1S/C6H8N2.H2O4S.H2O/c7-5-1-2-6(8)4-3-5;1-5(2,3)4;/h1-4H,7-8H2;(H2,1,2,3,4);1H2. The van der Waals surface area contributed by atoms with Crippen molar-refractivity contribution >= 4 is 21.8 Å². The molecule has 0 atom stereocenters. The van der Waals surface area contributed by atoms with Crippen LogP contribution in [0.2, 0.25) is 0 Å². The SMILES string of the molecule is Nc1ccc(N)cc1.O.O=S(=O)(O)O. The van der Waals surface area contributed by atoms with E-state index in [0.29, 0.717) is 0 Å². The van der Waals surface area contributed by atoms with Crippen LogP contribution in [-0.2, 0) is 10.4 Å². The van der Waals surface area contributed by atoms with E-state index in [1.165, 1.54) is 0 Å². The highest BCUT2D eigenvalue weighted by molar-refractivity contribution is 7.79. The molecule has 0 bridgehead atoms. The van der Waals surface area contributed by atoms with Crippen molar-refractivity contribution in [3.63, 3.8) is 0 Å². The summed E-state index contributed by atoms with van der Waals surface area (Å²) >= 11 is 0. The lowest BCUT2D eigenvalue weighted by molar-refractivity contribution is 0.381. The predicted octanol–water partition coefficient (Wildman–Crippen LogP) is -0.626. The van der Waals surface area contributed by atoms with Crippen LogP contribution in [0.4, 0.5) is 11.4 Å². The van der Waals surface area contributed by atoms with Crippen LogP contribution in [0.15, 0.2) is 24.3 Å². The molecule has 0 radical (unpaired) electrons. The Morgan fingerprint density at radius 2 is 1.07 bits per heavy atom. The summed E-state index contributed by atoms with van der Waals surface area (Å²) in [6.07, 6.45) is 0. The van der Waals surface area contributed by atoms with E-state index in [2.05, 4.69) is 0 Å². The van der Waals surface area contributed by atoms with Crippen molar-refractivity contribution in [3.05, 3.63) is 24.3 Å². The second-order valence-electron chi connectivity index (χ2n) is 2.11. The van der Waals surface area contributed by atoms with Crippen LogP contribution >= 0.6 is 0 Å². The first-order valence-corrected chi connectivity index (χ1v) is 4.49. The van der Waals surface area contributed by atoms with Gasteiger partial charge in [-0.2, -0.15) is 8.42 Å². The van der Waals surface area contributed by atoms with Crippen molar-refractivity contribution in [2.24, 2.45) is 0 Å². The summed E-state index contributed by atoms with van der Waals surface area (Å²) in [4.78, 5) is 0. The second kappa shape index (κ2) is 6.16. The van der Waals surface area contributed by atoms with Gasteiger partial charge in [0.25, 0.3) is 0 Å². The Balaban J connectivity index is 0. The molecule has 0 fully saturated rings. The number of nitrogens with two attached hydrogens (primary N) is 2. The fraction of sp³-hybridized carbons (Fsp3) is 0. The Hall–Kier alpha value is -1.35. The molecule has 0 aliphatic carbocycles. The van der Waals surface area contributed by atoms with E-state index >= 15 is 0 Å². The van der Waals surface area contributed by atoms with Crippen LogP contribution < -0.4 is 11.5 Å². The third kappa shape index (κ3) is 13.3. The van der Waals surface area contributed by atoms with E-state index in [1.807, 2.05) is 0 Å². The van der Waals surface area contributed by atoms with Crippen molar-refractivity contribution in [1.82, 2.24) is 0 Å². The third-order valence-corrected chi connectivity index (χ3v) is 0.936. The molecule has 8 heteroatoms. The Morgan fingerprint density at radius 3 is 1.21 bits per heavy atom. The van der Waals surface area contributed by atoms with E-state index in [0.717, 1.165) is 11.4 Å². The Morgan fingerprint density at radius 1 is 0.929 bits per heavy atom. The van der Waals surface area contributed by atoms with Crippen LogP contribution in [-0.4, -0.2) is 23.0 Å². The minimum Gasteiger partial charge on any atom is -0.412 e. The molecule has 1 rings (SSSR count). The lowest BCUT2D eigenvalue weighted by Crippen LogP contribution is -1.89. The Kier molecular flexibility index (Phi) is 6.66. The molecule has 0 unspecified atom stereocenters. The van der Waals surface area contributed by atoms with E-state index in [9.17, 15) is 0 Å². The maximum absolute atomic E-state index is 8.74. The quantitative estimate of drug-likeness (QED) is 0.339. The molecule has 1 aromatic carbocycles. The van der Waals surface area contributed by atoms with Crippen LogP contribution in [0, 0.1) is 0 Å². The van der Waals surface area contributed by atoms with Crippen LogP contribution in [0.5, 0.6) is 0 Å².